The van der Waals surface area contributed by atoms with Gasteiger partial charge in [0.25, 0.3) is 17.7 Å². The van der Waals surface area contributed by atoms with Gasteiger partial charge in [0, 0.05) is 35.4 Å². The number of nitrogens with one attached hydrogen (secondary N) is 2. The van der Waals surface area contributed by atoms with Crippen LogP contribution in [-0.2, 0) is 25.8 Å². The van der Waals surface area contributed by atoms with Gasteiger partial charge in [0.2, 0.25) is 0 Å². The van der Waals surface area contributed by atoms with E-state index in [2.05, 4.69) is 27.7 Å². The summed E-state index contributed by atoms with van der Waals surface area (Å²) in [5.74, 6) is -2.28. The fourth-order valence-electron chi connectivity index (χ4n) is 5.20. The van der Waals surface area contributed by atoms with Gasteiger partial charge < -0.3 is 26.3 Å². The number of thioether (sulfide) groups is 1. The quantitative estimate of drug-likeness (QED) is 0.0654. The molecule has 45 heavy (non-hydrogen) atoms. The lowest BCUT2D eigenvalue weighted by molar-refractivity contribution is -0.689. The third-order valence-corrected chi connectivity index (χ3v) is 9.55. The highest BCUT2D eigenvalue weighted by Crippen LogP contribution is 2.40. The summed E-state index contributed by atoms with van der Waals surface area (Å²) in [6.45, 7) is 3.06. The molecule has 0 radical (unpaired) electrons. The molecule has 5 N–H and O–H groups in total. The molecule has 0 spiro atoms. The number of hydrogen-bond acceptors (Lipinski definition) is 10. The summed E-state index contributed by atoms with van der Waals surface area (Å²) in [4.78, 5) is 61.0. The number of thiazole rings is 1. The van der Waals surface area contributed by atoms with E-state index >= 15 is 0 Å². The van der Waals surface area contributed by atoms with Crippen LogP contribution < -0.4 is 20.9 Å². The molecular weight excluding hydrogens is 619 g/mol. The lowest BCUT2D eigenvalue weighted by atomic mass is 10.0. The van der Waals surface area contributed by atoms with Gasteiger partial charge in [-0.15, -0.1) is 23.1 Å². The third kappa shape index (κ3) is 8.60. The van der Waals surface area contributed by atoms with Crippen molar-refractivity contribution in [2.75, 3.05) is 25.1 Å². The Morgan fingerprint density at radius 2 is 1.84 bits per heavy atom. The van der Waals surface area contributed by atoms with E-state index in [-0.39, 0.29) is 34.7 Å². The second-order valence-corrected chi connectivity index (χ2v) is 12.8. The van der Waals surface area contributed by atoms with E-state index in [0.29, 0.717) is 23.4 Å². The van der Waals surface area contributed by atoms with Gasteiger partial charge in [-0.05, 0) is 6.42 Å². The summed E-state index contributed by atoms with van der Waals surface area (Å²) >= 11 is 2.48. The third-order valence-electron chi connectivity index (χ3n) is 7.54. The van der Waals surface area contributed by atoms with Gasteiger partial charge in [0.15, 0.2) is 29.8 Å². The molecule has 4 rings (SSSR count). The SMILES string of the molecule is CCCCCCCCCCNC(=O)c1cc[n+](CC2=C(C(=O)O)N3C(=O)[C@@H](NC(=O)/C(=N\OC)c4csc(N)n4)[C@H]3SC2)cc1. The number of amides is 3. The first-order valence-electron chi connectivity index (χ1n) is 15.1. The number of nitrogen functional groups attached to an aromatic ring is 1. The van der Waals surface area contributed by atoms with E-state index < -0.39 is 29.2 Å². The highest BCUT2D eigenvalue weighted by Gasteiger charge is 2.54. The summed E-state index contributed by atoms with van der Waals surface area (Å²) in [7, 11) is 1.28. The topological polar surface area (TPSA) is 180 Å². The summed E-state index contributed by atoms with van der Waals surface area (Å²) in [6, 6.07) is 2.43. The number of carboxylic acid groups (broad SMARTS) is 1. The van der Waals surface area contributed by atoms with Gasteiger partial charge in [-0.1, -0.05) is 57.0 Å². The van der Waals surface area contributed by atoms with E-state index in [9.17, 15) is 24.3 Å². The molecule has 242 valence electrons. The Kier molecular flexibility index (Phi) is 12.3. The summed E-state index contributed by atoms with van der Waals surface area (Å²) in [5.41, 5.74) is 6.69. The van der Waals surface area contributed by atoms with E-state index in [1.165, 1.54) is 62.3 Å². The summed E-state index contributed by atoms with van der Waals surface area (Å²) in [6.07, 6.45) is 13.0. The number of aromatic nitrogens is 2. The van der Waals surface area contributed by atoms with Crippen LogP contribution in [0.25, 0.3) is 0 Å². The van der Waals surface area contributed by atoms with E-state index in [1.807, 2.05) is 0 Å². The van der Waals surface area contributed by atoms with Crippen molar-refractivity contribution in [2.24, 2.45) is 5.16 Å². The molecule has 0 bridgehead atoms. The van der Waals surface area contributed by atoms with Crippen molar-refractivity contribution in [3.05, 3.63) is 52.4 Å². The second kappa shape index (κ2) is 16.4. The number of fused-ring (bicyclic) bond motifs is 1. The zero-order chi connectivity index (χ0) is 32.3. The number of pyridine rings is 1. The van der Waals surface area contributed by atoms with Crippen molar-refractivity contribution in [1.29, 1.82) is 0 Å². The standard InChI is InChI=1S/C30H39N7O6S2/c1-3-4-5-6-7-8-9-10-13-32-25(38)19-11-14-36(15-12-19)16-20-17-44-28-23(27(40)37(28)24(20)29(41)42)34-26(39)22(35-43-2)21-18-45-30(31)33-21/h11-12,14-15,18,23,28H,3-10,13,16-17H2,1-2H3,(H4-,31,32,33,34,38,39,41,42)/p+1/b35-22-/t23-,28-/m1/s1. The fraction of sp³-hybridized carbons (Fsp3) is 0.500. The molecule has 2 aliphatic rings. The number of aliphatic carboxylic acids is 1. The second-order valence-electron chi connectivity index (χ2n) is 10.8. The minimum Gasteiger partial charge on any atom is -0.477 e. The maximum atomic E-state index is 13.1. The maximum absolute atomic E-state index is 13.1. The Morgan fingerprint density at radius 3 is 2.47 bits per heavy atom. The van der Waals surface area contributed by atoms with Crippen LogP contribution in [0.3, 0.4) is 0 Å². The van der Waals surface area contributed by atoms with Crippen LogP contribution in [0, 0.1) is 0 Å². The number of anilines is 1. The van der Waals surface area contributed by atoms with Crippen molar-refractivity contribution in [2.45, 2.75) is 76.3 Å². The number of oxime groups is 1. The van der Waals surface area contributed by atoms with E-state index in [0.717, 1.165) is 24.2 Å². The van der Waals surface area contributed by atoms with Crippen LogP contribution >= 0.6 is 23.1 Å². The van der Waals surface area contributed by atoms with Gasteiger partial charge in [0.1, 0.15) is 29.9 Å². The molecule has 0 aliphatic carbocycles. The normalized spacial score (nSPS) is 17.9. The predicted octanol–water partition coefficient (Wildman–Crippen LogP) is 2.67. The number of rotatable bonds is 17. The lowest BCUT2D eigenvalue weighted by Gasteiger charge is -2.49. The fourth-order valence-corrected chi connectivity index (χ4v) is 7.09. The van der Waals surface area contributed by atoms with Gasteiger partial charge >= 0.3 is 5.97 Å². The zero-order valence-electron chi connectivity index (χ0n) is 25.5. The van der Waals surface area contributed by atoms with Crippen molar-refractivity contribution in [3.63, 3.8) is 0 Å². The Morgan fingerprint density at radius 1 is 1.16 bits per heavy atom. The zero-order valence-corrected chi connectivity index (χ0v) is 27.1. The molecule has 0 unspecified atom stereocenters. The maximum Gasteiger partial charge on any atom is 0.352 e. The minimum atomic E-state index is -1.23. The largest absolute Gasteiger partial charge is 0.477 e. The summed E-state index contributed by atoms with van der Waals surface area (Å²) < 4.78 is 1.77. The monoisotopic (exact) mass is 658 g/mol. The molecule has 3 amide bonds. The molecular formula is C30H40N7O6S2+. The molecule has 2 atom stereocenters. The number of carboxylic acids is 1. The Labute approximate surface area is 270 Å². The van der Waals surface area contributed by atoms with Crippen molar-refractivity contribution >= 4 is 57.6 Å². The Balaban J connectivity index is 1.32. The highest BCUT2D eigenvalue weighted by molar-refractivity contribution is 8.00. The van der Waals surface area contributed by atoms with Crippen molar-refractivity contribution < 1.29 is 33.7 Å². The minimum absolute atomic E-state index is 0.105. The molecule has 2 aromatic heterocycles. The number of hydrogen-bond donors (Lipinski definition) is 4. The van der Waals surface area contributed by atoms with Crippen LogP contribution in [0.2, 0.25) is 0 Å². The average molecular weight is 659 g/mol. The molecule has 2 aliphatic heterocycles. The lowest BCUT2D eigenvalue weighted by Crippen LogP contribution is -2.71. The first kappa shape index (κ1) is 33.9. The Hall–Kier alpha value is -3.98. The molecule has 1 saturated heterocycles. The van der Waals surface area contributed by atoms with Gasteiger partial charge in [0.05, 0.1) is 5.56 Å². The van der Waals surface area contributed by atoms with Gasteiger partial charge in [-0.25, -0.2) is 14.3 Å². The molecule has 0 aromatic carbocycles. The number of carbonyl (C=O) groups excluding carboxylic acids is 3. The number of nitrogens with two attached hydrogens (primary N) is 1. The van der Waals surface area contributed by atoms with Crippen LogP contribution in [0.4, 0.5) is 5.13 Å². The molecule has 13 nitrogen and oxygen atoms in total. The van der Waals surface area contributed by atoms with Gasteiger partial charge in [-0.2, -0.15) is 0 Å². The van der Waals surface area contributed by atoms with Crippen molar-refractivity contribution in [3.8, 4) is 0 Å². The smallest absolute Gasteiger partial charge is 0.352 e. The average Bonchev–Trinajstić information content (AvgIpc) is 3.46. The Bertz CT molecular complexity index is 1440. The van der Waals surface area contributed by atoms with E-state index in [4.69, 9.17) is 10.6 Å². The first-order valence-corrected chi connectivity index (χ1v) is 17.0. The number of unbranched alkanes of at least 4 members (excludes halogenated alkanes) is 7. The summed E-state index contributed by atoms with van der Waals surface area (Å²) in [5, 5.41) is 20.6. The molecule has 4 heterocycles. The van der Waals surface area contributed by atoms with E-state index in [1.54, 1.807) is 34.5 Å². The molecule has 0 saturated carbocycles. The predicted molar refractivity (Wildman–Crippen MR) is 171 cm³/mol. The number of nitrogens with zero attached hydrogens (tertiary/aromatic N) is 4. The van der Waals surface area contributed by atoms with Crippen LogP contribution in [0.1, 0.15) is 74.3 Å². The van der Waals surface area contributed by atoms with Crippen LogP contribution in [-0.4, -0.2) is 75.2 Å². The van der Waals surface area contributed by atoms with Crippen molar-refractivity contribution in [1.82, 2.24) is 20.5 Å². The molecule has 1 fully saturated rings. The van der Waals surface area contributed by atoms with Crippen LogP contribution in [0.15, 0.2) is 46.3 Å². The number of carbonyl (C=O) groups is 4. The number of β-lactam (4-membered cyclic amide) rings is 1. The van der Waals surface area contributed by atoms with Gasteiger partial charge in [-0.3, -0.25) is 19.3 Å². The molecule has 15 heteroatoms. The highest BCUT2D eigenvalue weighted by atomic mass is 32.2. The molecule has 2 aromatic rings. The first-order chi connectivity index (χ1) is 21.7. The van der Waals surface area contributed by atoms with Crippen LogP contribution in [0.5, 0.6) is 0 Å².